The average molecular weight is 239 g/mol. The van der Waals surface area contributed by atoms with E-state index >= 15 is 0 Å². The molecule has 1 amide bonds. The molecule has 4 nitrogen and oxygen atoms in total. The summed E-state index contributed by atoms with van der Waals surface area (Å²) in [4.78, 5) is 10.5. The van der Waals surface area contributed by atoms with Gasteiger partial charge in [0.2, 0.25) is 0 Å². The fourth-order valence-electron chi connectivity index (χ4n) is 1.36. The minimum atomic E-state index is -1.12. The Balaban J connectivity index is 2.64. The normalized spacial score (nSPS) is 11.5. The van der Waals surface area contributed by atoms with Gasteiger partial charge in [-0.25, -0.2) is 4.79 Å². The minimum absolute atomic E-state index is 0.148. The number of hydrogen-bond acceptors (Lipinski definition) is 2. The van der Waals surface area contributed by atoms with Crippen LogP contribution < -0.4 is 5.32 Å². The van der Waals surface area contributed by atoms with Gasteiger partial charge in [-0.2, -0.15) is 5.26 Å². The second-order valence-electron chi connectivity index (χ2n) is 3.34. The summed E-state index contributed by atoms with van der Waals surface area (Å²) in [5, 5.41) is 20.1. The molecule has 0 aliphatic rings. The number of amides is 1. The van der Waals surface area contributed by atoms with Gasteiger partial charge in [0.25, 0.3) is 0 Å². The van der Waals surface area contributed by atoms with E-state index in [4.69, 9.17) is 22.0 Å². The summed E-state index contributed by atoms with van der Waals surface area (Å²) in [5.74, 6) is 0. The number of carbonyl (C=O) groups is 1. The molecule has 0 aromatic heterocycles. The Bertz CT molecular complexity index is 397. The van der Waals surface area contributed by atoms with Crippen molar-refractivity contribution in [3.63, 3.8) is 0 Å². The number of halogens is 1. The van der Waals surface area contributed by atoms with Crippen LogP contribution in [0.3, 0.4) is 0 Å². The SMILES string of the molecule is N#CC[C@H](Cc1ccc(Cl)cc1)NC(=O)O. The van der Waals surface area contributed by atoms with Crippen molar-refractivity contribution in [3.8, 4) is 6.07 Å². The number of nitriles is 1. The summed E-state index contributed by atoms with van der Waals surface area (Å²) >= 11 is 5.73. The molecule has 0 saturated heterocycles. The summed E-state index contributed by atoms with van der Waals surface area (Å²) in [5.41, 5.74) is 0.943. The zero-order valence-electron chi connectivity index (χ0n) is 8.48. The Labute approximate surface area is 98.5 Å². The fourth-order valence-corrected chi connectivity index (χ4v) is 1.49. The largest absolute Gasteiger partial charge is 0.465 e. The van der Waals surface area contributed by atoms with Gasteiger partial charge in [-0.3, -0.25) is 0 Å². The van der Waals surface area contributed by atoms with Gasteiger partial charge in [0.05, 0.1) is 12.5 Å². The molecule has 5 heteroatoms. The quantitative estimate of drug-likeness (QED) is 0.846. The molecule has 16 heavy (non-hydrogen) atoms. The summed E-state index contributed by atoms with van der Waals surface area (Å²) in [6, 6.07) is 8.67. The monoisotopic (exact) mass is 238 g/mol. The first-order chi connectivity index (χ1) is 7.61. The highest BCUT2D eigenvalue weighted by atomic mass is 35.5. The maximum absolute atomic E-state index is 10.5. The molecule has 0 bridgehead atoms. The van der Waals surface area contributed by atoms with Gasteiger partial charge in [-0.05, 0) is 24.1 Å². The minimum Gasteiger partial charge on any atom is -0.465 e. The molecular formula is C11H11ClN2O2. The molecule has 0 spiro atoms. The van der Waals surface area contributed by atoms with Gasteiger partial charge in [-0.15, -0.1) is 0 Å². The van der Waals surface area contributed by atoms with Crippen LogP contribution in [0.2, 0.25) is 5.02 Å². The predicted octanol–water partition coefficient (Wildman–Crippen LogP) is 2.43. The van der Waals surface area contributed by atoms with Crippen LogP contribution in [0, 0.1) is 11.3 Å². The van der Waals surface area contributed by atoms with Crippen LogP contribution in [0.1, 0.15) is 12.0 Å². The smallest absolute Gasteiger partial charge is 0.404 e. The van der Waals surface area contributed by atoms with E-state index in [9.17, 15) is 4.79 Å². The lowest BCUT2D eigenvalue weighted by Gasteiger charge is -2.13. The third-order valence-electron chi connectivity index (χ3n) is 2.06. The van der Waals surface area contributed by atoms with Crippen LogP contribution >= 0.6 is 11.6 Å². The topological polar surface area (TPSA) is 73.1 Å². The molecule has 1 aromatic carbocycles. The van der Waals surface area contributed by atoms with E-state index in [1.807, 2.05) is 18.2 Å². The van der Waals surface area contributed by atoms with Crippen molar-refractivity contribution < 1.29 is 9.90 Å². The lowest BCUT2D eigenvalue weighted by atomic mass is 10.0. The molecule has 0 fully saturated rings. The molecule has 2 N–H and O–H groups in total. The lowest BCUT2D eigenvalue weighted by Crippen LogP contribution is -2.34. The van der Waals surface area contributed by atoms with E-state index in [0.29, 0.717) is 11.4 Å². The van der Waals surface area contributed by atoms with Crippen LogP contribution in [-0.4, -0.2) is 17.2 Å². The van der Waals surface area contributed by atoms with Crippen LogP contribution in [-0.2, 0) is 6.42 Å². The van der Waals surface area contributed by atoms with Crippen molar-refractivity contribution in [1.29, 1.82) is 5.26 Å². The molecule has 0 aliphatic heterocycles. The van der Waals surface area contributed by atoms with Crippen molar-refractivity contribution in [3.05, 3.63) is 34.9 Å². The Morgan fingerprint density at radius 1 is 1.50 bits per heavy atom. The first-order valence-corrected chi connectivity index (χ1v) is 5.10. The van der Waals surface area contributed by atoms with Crippen LogP contribution in [0.15, 0.2) is 24.3 Å². The van der Waals surface area contributed by atoms with Crippen LogP contribution in [0.4, 0.5) is 4.79 Å². The molecule has 0 aliphatic carbocycles. The van der Waals surface area contributed by atoms with E-state index < -0.39 is 6.09 Å². The van der Waals surface area contributed by atoms with E-state index in [2.05, 4.69) is 5.32 Å². The Morgan fingerprint density at radius 2 is 2.12 bits per heavy atom. The molecular weight excluding hydrogens is 228 g/mol. The number of hydrogen-bond donors (Lipinski definition) is 2. The van der Waals surface area contributed by atoms with Gasteiger partial charge in [0.15, 0.2) is 0 Å². The number of nitrogens with one attached hydrogen (secondary N) is 1. The highest BCUT2D eigenvalue weighted by molar-refractivity contribution is 6.30. The average Bonchev–Trinajstić information content (AvgIpc) is 2.21. The van der Waals surface area contributed by atoms with Crippen molar-refractivity contribution in [2.75, 3.05) is 0 Å². The molecule has 0 unspecified atom stereocenters. The van der Waals surface area contributed by atoms with Crippen molar-refractivity contribution in [1.82, 2.24) is 5.32 Å². The molecule has 0 heterocycles. The zero-order valence-corrected chi connectivity index (χ0v) is 9.24. The lowest BCUT2D eigenvalue weighted by molar-refractivity contribution is 0.190. The number of carboxylic acid groups (broad SMARTS) is 1. The Hall–Kier alpha value is -1.73. The highest BCUT2D eigenvalue weighted by Gasteiger charge is 2.11. The first-order valence-electron chi connectivity index (χ1n) is 4.72. The maximum atomic E-state index is 10.5. The van der Waals surface area contributed by atoms with E-state index in [-0.39, 0.29) is 12.5 Å². The third-order valence-corrected chi connectivity index (χ3v) is 2.31. The summed E-state index contributed by atoms with van der Waals surface area (Å²) < 4.78 is 0. The second-order valence-corrected chi connectivity index (χ2v) is 3.78. The third kappa shape index (κ3) is 4.20. The molecule has 1 aromatic rings. The number of benzene rings is 1. The van der Waals surface area contributed by atoms with Crippen molar-refractivity contribution in [2.45, 2.75) is 18.9 Å². The van der Waals surface area contributed by atoms with Gasteiger partial charge in [0, 0.05) is 11.1 Å². The van der Waals surface area contributed by atoms with Gasteiger partial charge < -0.3 is 10.4 Å². The van der Waals surface area contributed by atoms with Crippen LogP contribution in [0.25, 0.3) is 0 Å². The first kappa shape index (κ1) is 12.3. The number of nitrogens with zero attached hydrogens (tertiary/aromatic N) is 1. The molecule has 0 saturated carbocycles. The van der Waals surface area contributed by atoms with E-state index in [1.165, 1.54) is 0 Å². The van der Waals surface area contributed by atoms with Gasteiger partial charge in [-0.1, -0.05) is 23.7 Å². The Kier molecular flexibility index (Phi) is 4.62. The summed E-state index contributed by atoms with van der Waals surface area (Å²) in [6.07, 6.45) is -0.486. The van der Waals surface area contributed by atoms with E-state index in [0.717, 1.165) is 5.56 Å². The van der Waals surface area contributed by atoms with Crippen molar-refractivity contribution >= 4 is 17.7 Å². The molecule has 84 valence electrons. The van der Waals surface area contributed by atoms with Gasteiger partial charge in [0.1, 0.15) is 0 Å². The Morgan fingerprint density at radius 3 is 2.62 bits per heavy atom. The second kappa shape index (κ2) is 5.99. The van der Waals surface area contributed by atoms with Crippen molar-refractivity contribution in [2.24, 2.45) is 0 Å². The standard InChI is InChI=1S/C11H11ClN2O2/c12-9-3-1-8(2-4-9)7-10(5-6-13)14-11(15)16/h1-4,10,14H,5,7H2,(H,15,16)/t10-/m1/s1. The fraction of sp³-hybridized carbons (Fsp3) is 0.273. The summed E-state index contributed by atoms with van der Waals surface area (Å²) in [7, 11) is 0. The molecule has 1 atom stereocenters. The zero-order chi connectivity index (χ0) is 12.0. The maximum Gasteiger partial charge on any atom is 0.404 e. The highest BCUT2D eigenvalue weighted by Crippen LogP contribution is 2.11. The predicted molar refractivity (Wildman–Crippen MR) is 60.3 cm³/mol. The molecule has 1 rings (SSSR count). The molecule has 0 radical (unpaired) electrons. The number of rotatable bonds is 4. The van der Waals surface area contributed by atoms with Crippen LogP contribution in [0.5, 0.6) is 0 Å². The van der Waals surface area contributed by atoms with Gasteiger partial charge >= 0.3 is 6.09 Å². The van der Waals surface area contributed by atoms with E-state index in [1.54, 1.807) is 12.1 Å². The summed E-state index contributed by atoms with van der Waals surface area (Å²) in [6.45, 7) is 0.